The SMILES string of the molecule is Cc1cccc2c(OC(=O)N(CCCNC(N)=O)CCN(C)C(=O)OCc3ccc(NC(=O)[C@H](CCCNC(N)=O)NC(=O)[C@@H](NC(=O)OCCOCCN4C(=O)C=CC4=O)C(C)C)cc3)cc3c(c12)[C@H](CCl)CN3C(=O)c1cn2c(n1)CCC(NC(=O)c1ccc(O)cc1)=C2. The Morgan fingerprint density at radius 3 is 2.20 bits per heavy atom. The number of nitrogens with zero attached hydrogens (tertiary/aromatic N) is 6. The normalized spacial score (nSPS) is 14.4. The second-order valence-electron chi connectivity index (χ2n) is 23.1. The third-order valence-electron chi connectivity index (χ3n) is 15.8. The van der Waals surface area contributed by atoms with E-state index in [0.717, 1.165) is 33.6 Å². The van der Waals surface area contributed by atoms with Gasteiger partial charge in [0, 0.05) is 117 Å². The number of allylic oxidation sites excluding steroid dienone is 1. The van der Waals surface area contributed by atoms with Crippen molar-refractivity contribution in [2.24, 2.45) is 17.4 Å². The molecule has 0 spiro atoms. The average molecular weight is 1350 g/mol. The van der Waals surface area contributed by atoms with E-state index in [1.54, 1.807) is 66.0 Å². The Labute approximate surface area is 556 Å². The molecule has 4 aromatic carbocycles. The standard InChI is InChI=1S/C65H77ClN14O16/c1-38(2)56(75-63(90)94-31-30-93-29-28-79-52(82)21-22-53(79)83)59(86)74-47(10-6-23-69-61(67)88)58(85)71-43-15-11-40(12-16-43)37-95-64(91)76(4)26-27-77(25-7-24-70-62(68)89)65(92)96-50-32-49-55(54-39(3)8-5-9-46(50)54)42(33-66)34-80(49)60(87)48-36-78-35-44(17-20-51(78)73-48)72-57(84)41-13-18-45(81)19-14-41/h5,8-9,11-16,18-19,21-22,32,35-36,38,42,47,56,81H,6-7,10,17,20,23-31,33-34,37H2,1-4H3,(H,71,85)(H,72,84)(H,74,86)(H,75,90)(H3,67,69,88)(H3,68,70,89)/t42-,47+,56+/m1/s1. The molecule has 3 aliphatic rings. The number of hydrogen-bond acceptors (Lipinski definition) is 17. The molecule has 96 heavy (non-hydrogen) atoms. The first-order chi connectivity index (χ1) is 46.0. The summed E-state index contributed by atoms with van der Waals surface area (Å²) in [6.45, 7) is 5.13. The predicted molar refractivity (Wildman–Crippen MR) is 350 cm³/mol. The number of rotatable bonds is 30. The zero-order valence-electron chi connectivity index (χ0n) is 53.4. The number of carbonyl (C=O) groups excluding carboxylic acids is 11. The van der Waals surface area contributed by atoms with E-state index in [9.17, 15) is 57.8 Å². The van der Waals surface area contributed by atoms with Crippen molar-refractivity contribution in [2.45, 2.75) is 77.5 Å². The number of likely N-dealkylation sites (N-methyl/N-ethyl adjacent to an activating group) is 1. The van der Waals surface area contributed by atoms with Crippen LogP contribution < -0.4 is 53.0 Å². The minimum Gasteiger partial charge on any atom is -0.508 e. The van der Waals surface area contributed by atoms with Gasteiger partial charge in [0.05, 0.1) is 25.4 Å². The fourth-order valence-corrected chi connectivity index (χ4v) is 11.0. The second-order valence-corrected chi connectivity index (χ2v) is 23.4. The number of alkyl carbamates (subject to hydrolysis) is 1. The summed E-state index contributed by atoms with van der Waals surface area (Å²) < 4.78 is 24.1. The van der Waals surface area contributed by atoms with E-state index in [4.69, 9.17) is 47.0 Å². The van der Waals surface area contributed by atoms with Gasteiger partial charge in [0.2, 0.25) is 11.8 Å². The Morgan fingerprint density at radius 2 is 1.51 bits per heavy atom. The summed E-state index contributed by atoms with van der Waals surface area (Å²) in [5, 5.41) is 26.8. The number of anilines is 2. The second kappa shape index (κ2) is 33.4. The number of aromatic nitrogens is 2. The molecule has 0 saturated carbocycles. The van der Waals surface area contributed by atoms with Crippen LogP contribution in [-0.2, 0) is 46.4 Å². The van der Waals surface area contributed by atoms with E-state index in [-0.39, 0.29) is 126 Å². The summed E-state index contributed by atoms with van der Waals surface area (Å²) >= 11 is 6.66. The fourth-order valence-electron chi connectivity index (χ4n) is 10.8. The number of nitrogens with one attached hydrogen (secondary N) is 6. The van der Waals surface area contributed by atoms with Crippen LogP contribution in [0.15, 0.2) is 96.8 Å². The van der Waals surface area contributed by atoms with Crippen molar-refractivity contribution in [1.29, 1.82) is 0 Å². The number of hydrogen-bond donors (Lipinski definition) is 9. The van der Waals surface area contributed by atoms with Crippen molar-refractivity contribution in [3.05, 3.63) is 131 Å². The zero-order valence-corrected chi connectivity index (χ0v) is 54.1. The van der Waals surface area contributed by atoms with Crippen LogP contribution in [0, 0.1) is 12.8 Å². The molecule has 31 heteroatoms. The van der Waals surface area contributed by atoms with Crippen LogP contribution in [0.5, 0.6) is 11.5 Å². The molecule has 0 fully saturated rings. The third kappa shape index (κ3) is 19.0. The van der Waals surface area contributed by atoms with Crippen LogP contribution >= 0.6 is 11.6 Å². The summed E-state index contributed by atoms with van der Waals surface area (Å²) in [4.78, 5) is 152. The molecular formula is C65H77ClN14O16. The van der Waals surface area contributed by atoms with Crippen LogP contribution in [0.2, 0.25) is 0 Å². The highest BCUT2D eigenvalue weighted by atomic mass is 35.5. The molecule has 4 heterocycles. The van der Waals surface area contributed by atoms with Crippen LogP contribution in [0.3, 0.4) is 0 Å². The van der Waals surface area contributed by atoms with Gasteiger partial charge in [0.1, 0.15) is 48.3 Å². The number of phenols is 1. The molecule has 0 bridgehead atoms. The summed E-state index contributed by atoms with van der Waals surface area (Å²) in [5.41, 5.74) is 14.6. The first-order valence-electron chi connectivity index (χ1n) is 31.0. The van der Waals surface area contributed by atoms with E-state index in [0.29, 0.717) is 52.3 Å². The molecule has 0 radical (unpaired) electrons. The first-order valence-corrected chi connectivity index (χ1v) is 31.5. The van der Waals surface area contributed by atoms with Gasteiger partial charge in [-0.25, -0.2) is 29.0 Å². The molecule has 0 unspecified atom stereocenters. The lowest BCUT2D eigenvalue weighted by Crippen LogP contribution is -2.54. The number of aryl methyl sites for hydroxylation is 2. The van der Waals surface area contributed by atoms with Crippen molar-refractivity contribution in [1.82, 2.24) is 50.8 Å². The van der Waals surface area contributed by atoms with Gasteiger partial charge in [-0.05, 0) is 97.0 Å². The number of halogens is 1. The molecule has 30 nitrogen and oxygen atoms in total. The number of aromatic hydroxyl groups is 1. The lowest BCUT2D eigenvalue weighted by molar-refractivity contribution is -0.137. The largest absolute Gasteiger partial charge is 0.508 e. The van der Waals surface area contributed by atoms with Crippen molar-refractivity contribution >= 4 is 106 Å². The number of ether oxygens (including phenoxy) is 4. The molecule has 1 aromatic heterocycles. The maximum atomic E-state index is 14.6. The Morgan fingerprint density at radius 1 is 0.802 bits per heavy atom. The number of alkyl halides is 1. The number of amides is 13. The molecule has 510 valence electrons. The molecule has 8 rings (SSSR count). The van der Waals surface area contributed by atoms with Crippen LogP contribution in [-0.4, -0.2) is 186 Å². The molecule has 3 atom stereocenters. The van der Waals surface area contributed by atoms with Gasteiger partial charge in [-0.15, -0.1) is 11.6 Å². The highest BCUT2D eigenvalue weighted by Crippen LogP contribution is 2.47. The van der Waals surface area contributed by atoms with Crippen LogP contribution in [0.1, 0.15) is 88.8 Å². The van der Waals surface area contributed by atoms with E-state index >= 15 is 0 Å². The van der Waals surface area contributed by atoms with Crippen molar-refractivity contribution in [2.75, 3.05) is 88.8 Å². The van der Waals surface area contributed by atoms with Crippen LogP contribution in [0.25, 0.3) is 17.0 Å². The predicted octanol–water partition coefficient (Wildman–Crippen LogP) is 4.90. The van der Waals surface area contributed by atoms with Gasteiger partial charge in [-0.3, -0.25) is 33.7 Å². The van der Waals surface area contributed by atoms with E-state index in [1.165, 1.54) is 41.1 Å². The lowest BCUT2D eigenvalue weighted by atomic mass is 9.92. The number of phenolic OH excluding ortho intramolecular Hbond substituents is 1. The minimum absolute atomic E-state index is 0.00616. The van der Waals surface area contributed by atoms with Gasteiger partial charge in [-0.1, -0.05) is 44.2 Å². The van der Waals surface area contributed by atoms with Gasteiger partial charge in [0.15, 0.2) is 0 Å². The average Bonchev–Trinajstić information content (AvgIpc) is 1.53. The number of fused-ring (bicyclic) bond motifs is 4. The highest BCUT2D eigenvalue weighted by molar-refractivity contribution is 6.19. The first kappa shape index (κ1) is 71.1. The molecule has 5 aromatic rings. The fraction of sp³-hybridized carbons (Fsp3) is 0.385. The lowest BCUT2D eigenvalue weighted by Gasteiger charge is -2.26. The Hall–Kier alpha value is -10.8. The highest BCUT2D eigenvalue weighted by Gasteiger charge is 2.38. The number of carbonyl (C=O) groups is 11. The molecule has 11 N–H and O–H groups in total. The molecule has 0 aliphatic carbocycles. The maximum Gasteiger partial charge on any atom is 0.415 e. The number of primary amides is 2. The Bertz CT molecular complexity index is 3780. The maximum absolute atomic E-state index is 14.6. The van der Waals surface area contributed by atoms with Gasteiger partial charge >= 0.3 is 30.3 Å². The topological polar surface area (TPSA) is 400 Å². The van der Waals surface area contributed by atoms with E-state index < -0.39 is 77.9 Å². The minimum atomic E-state index is -1.17. The Kier molecular flexibility index (Phi) is 24.7. The monoisotopic (exact) mass is 1340 g/mol. The summed E-state index contributed by atoms with van der Waals surface area (Å²) in [7, 11) is 1.48. The molecule has 0 saturated heterocycles. The summed E-state index contributed by atoms with van der Waals surface area (Å²) in [5.74, 6) is -2.90. The van der Waals surface area contributed by atoms with Crippen LogP contribution in [0.4, 0.5) is 35.3 Å². The number of urea groups is 2. The van der Waals surface area contributed by atoms with Gasteiger partial charge < -0.3 is 86.7 Å². The number of benzene rings is 4. The smallest absolute Gasteiger partial charge is 0.415 e. The Balaban J connectivity index is 0.872. The number of imide groups is 1. The third-order valence-corrected chi connectivity index (χ3v) is 16.2. The number of nitrogens with two attached hydrogens (primary N) is 2. The van der Waals surface area contributed by atoms with E-state index in [2.05, 4.69) is 31.9 Å². The van der Waals surface area contributed by atoms with Crippen molar-refractivity contribution in [3.63, 3.8) is 0 Å². The van der Waals surface area contributed by atoms with Gasteiger partial charge in [0.25, 0.3) is 23.6 Å². The molecule has 3 aliphatic heterocycles. The molecule has 13 amide bonds. The quantitative estimate of drug-likeness (QED) is 0.0168. The van der Waals surface area contributed by atoms with Crippen molar-refractivity contribution in [3.8, 4) is 11.5 Å². The zero-order chi connectivity index (χ0) is 69.2. The van der Waals surface area contributed by atoms with Gasteiger partial charge in [-0.2, -0.15) is 0 Å². The van der Waals surface area contributed by atoms with E-state index in [1.807, 2.05) is 25.1 Å². The summed E-state index contributed by atoms with van der Waals surface area (Å²) in [6, 6.07) is 15.5. The summed E-state index contributed by atoms with van der Waals surface area (Å²) in [6.07, 6.45) is 4.49. The van der Waals surface area contributed by atoms with Crippen molar-refractivity contribution < 1.29 is 76.8 Å². The molecular weight excluding hydrogens is 1270 g/mol. The number of imidazole rings is 1.